The normalized spacial score (nSPS) is 6.00. The zero-order valence-corrected chi connectivity index (χ0v) is 8.93. The summed E-state index contributed by atoms with van der Waals surface area (Å²) in [5.74, 6) is 0. The van der Waals surface area contributed by atoms with Crippen molar-refractivity contribution in [1.29, 1.82) is 0 Å². The van der Waals surface area contributed by atoms with E-state index in [4.69, 9.17) is 19.2 Å². The standard InChI is InChI=1S/Al.Fe.Mg.Mn.H4O4Si.H2O.5H/c;;;;1-5(2,3)4;;;;;;/h;;;;1-4H;1H2;;;;;/q;;+2;;;;;;;2*-1. The van der Waals surface area contributed by atoms with Gasteiger partial charge in [0, 0.05) is 34.1 Å². The van der Waals surface area contributed by atoms with Gasteiger partial charge in [0.1, 0.15) is 0 Å². The van der Waals surface area contributed by atoms with Gasteiger partial charge in [0.25, 0.3) is 0 Å². The van der Waals surface area contributed by atoms with Gasteiger partial charge in [0.2, 0.25) is 0 Å². The largest absolute Gasteiger partial charge is 2.00 e. The molecular weight excluding hydrogens is 270 g/mol. The van der Waals surface area contributed by atoms with Crippen LogP contribution in [0.5, 0.6) is 0 Å². The Morgan fingerprint density at radius 3 is 1.00 bits per heavy atom. The fourth-order valence-electron chi connectivity index (χ4n) is 0. The molecule has 0 aromatic heterocycles. The molecule has 0 fully saturated rings. The molecule has 5 nitrogen and oxygen atoms in total. The second-order valence-electron chi connectivity index (χ2n) is 0.600. The molecule has 0 aromatic carbocycles. The maximum Gasteiger partial charge on any atom is 2.00 e. The molecule has 0 rings (SSSR count). The first-order valence-electron chi connectivity index (χ1n) is 0.894. The summed E-state index contributed by atoms with van der Waals surface area (Å²) in [4.78, 5) is 29.3. The third-order valence-electron chi connectivity index (χ3n) is 0. The molecule has 0 saturated heterocycles. The van der Waals surface area contributed by atoms with Crippen LogP contribution >= 0.6 is 0 Å². The van der Waals surface area contributed by atoms with Gasteiger partial charge in [0.15, 0.2) is 17.4 Å². The van der Waals surface area contributed by atoms with Gasteiger partial charge in [-0.05, 0) is 0 Å². The molecule has 0 aromatic rings. The van der Waals surface area contributed by atoms with Crippen LogP contribution in [0.4, 0.5) is 0 Å². The van der Waals surface area contributed by atoms with E-state index in [0.29, 0.717) is 0 Å². The summed E-state index contributed by atoms with van der Waals surface area (Å²) >= 11 is 0. The van der Waals surface area contributed by atoms with Gasteiger partial charge >= 0.3 is 32.1 Å². The Hall–Kier alpha value is 2.35. The molecule has 65 valence electrons. The summed E-state index contributed by atoms with van der Waals surface area (Å²) in [5, 5.41) is 0. The molecule has 10 heteroatoms. The van der Waals surface area contributed by atoms with E-state index in [1.54, 1.807) is 0 Å². The molecule has 0 heterocycles. The average molecular weight is 281 g/mol. The van der Waals surface area contributed by atoms with Gasteiger partial charge in [-0.15, -0.1) is 0 Å². The zero-order valence-electron chi connectivity index (χ0n) is 6.23. The SMILES string of the molecule is O.O[Si](O)(O)O.[AlH3].[Fe].[H-].[H-].[Mg+2].[Mn]. The Morgan fingerprint density at radius 1 is 1.00 bits per heavy atom. The Morgan fingerprint density at radius 2 is 1.00 bits per heavy atom. The summed E-state index contributed by atoms with van der Waals surface area (Å²) in [5.41, 5.74) is 0. The molecule has 0 amide bonds. The first-order valence-corrected chi connectivity index (χ1v) is 2.68. The van der Waals surface area contributed by atoms with E-state index in [0.717, 1.165) is 0 Å². The summed E-state index contributed by atoms with van der Waals surface area (Å²) in [7, 11) is -4.61. The van der Waals surface area contributed by atoms with Crippen LogP contribution in [-0.2, 0) is 34.1 Å². The second-order valence-corrected chi connectivity index (χ2v) is 1.80. The van der Waals surface area contributed by atoms with Crippen LogP contribution in [0.2, 0.25) is 0 Å². The van der Waals surface area contributed by atoms with Crippen LogP contribution in [0.3, 0.4) is 0 Å². The van der Waals surface area contributed by atoms with Gasteiger partial charge in [0.05, 0.1) is 0 Å². The topological polar surface area (TPSA) is 112 Å². The van der Waals surface area contributed by atoms with Crippen LogP contribution < -0.4 is 0 Å². The van der Waals surface area contributed by atoms with E-state index in [-0.39, 0.29) is 82.9 Å². The predicted octanol–water partition coefficient (Wildman–Crippen LogP) is -4.78. The molecule has 0 saturated carbocycles. The van der Waals surface area contributed by atoms with Crippen molar-refractivity contribution in [3.05, 3.63) is 0 Å². The molecule has 1 radical (unpaired) electrons. The molecule has 0 spiro atoms. The maximum atomic E-state index is 7.33. The molecule has 0 unspecified atom stereocenters. The number of rotatable bonds is 0. The van der Waals surface area contributed by atoms with E-state index in [1.165, 1.54) is 0 Å². The third-order valence-corrected chi connectivity index (χ3v) is 0. The molecule has 0 aliphatic heterocycles. The molecule has 6 N–H and O–H groups in total. The van der Waals surface area contributed by atoms with Gasteiger partial charge in [-0.2, -0.15) is 0 Å². The van der Waals surface area contributed by atoms with Gasteiger partial charge < -0.3 is 27.5 Å². The first kappa shape index (κ1) is 39.4. The van der Waals surface area contributed by atoms with Gasteiger partial charge in [-0.25, -0.2) is 0 Å². The van der Waals surface area contributed by atoms with E-state index in [2.05, 4.69) is 0 Å². The van der Waals surface area contributed by atoms with E-state index < -0.39 is 9.05 Å². The van der Waals surface area contributed by atoms with Crippen molar-refractivity contribution >= 4 is 49.5 Å². The third kappa shape index (κ3) is 163. The summed E-state index contributed by atoms with van der Waals surface area (Å²) in [6.07, 6.45) is 0. The summed E-state index contributed by atoms with van der Waals surface area (Å²) < 4.78 is 0. The van der Waals surface area contributed by atoms with Crippen molar-refractivity contribution in [3.8, 4) is 0 Å². The summed E-state index contributed by atoms with van der Waals surface area (Å²) in [6, 6.07) is 0. The zero-order chi connectivity index (χ0) is 4.50. The minimum absolute atomic E-state index is 0. The van der Waals surface area contributed by atoms with Crippen LogP contribution in [0.15, 0.2) is 0 Å². The second kappa shape index (κ2) is 17.4. The molecule has 0 aliphatic carbocycles. The molecule has 0 bridgehead atoms. The van der Waals surface area contributed by atoms with Crippen molar-refractivity contribution in [1.82, 2.24) is 0 Å². The predicted molar refractivity (Wildman–Crippen MR) is 36.2 cm³/mol. The van der Waals surface area contributed by atoms with Crippen LogP contribution in [-0.4, -0.2) is 74.1 Å². The summed E-state index contributed by atoms with van der Waals surface area (Å²) in [6.45, 7) is 0. The quantitative estimate of drug-likeness (QED) is 0.334. The van der Waals surface area contributed by atoms with E-state index in [1.807, 2.05) is 0 Å². The van der Waals surface area contributed by atoms with Crippen molar-refractivity contribution in [3.63, 3.8) is 0 Å². The van der Waals surface area contributed by atoms with E-state index >= 15 is 0 Å². The van der Waals surface area contributed by atoms with E-state index in [9.17, 15) is 0 Å². The Balaban J connectivity index is -0.00000000381. The molecule has 0 atom stereocenters. The maximum absolute atomic E-state index is 7.33. The number of hydrogen-bond donors (Lipinski definition) is 4. The Kier molecular flexibility index (Phi) is 68.8. The van der Waals surface area contributed by atoms with Crippen molar-refractivity contribution in [2.45, 2.75) is 0 Å². The smallest absolute Gasteiger partial charge is 1.00 e. The molecule has 10 heavy (non-hydrogen) atoms. The minimum Gasteiger partial charge on any atom is -1.00 e. The minimum atomic E-state index is -4.61. The van der Waals surface area contributed by atoms with Crippen LogP contribution in [0.25, 0.3) is 0 Å². The van der Waals surface area contributed by atoms with Crippen LogP contribution in [0, 0.1) is 0 Å². The van der Waals surface area contributed by atoms with Crippen LogP contribution in [0.1, 0.15) is 2.85 Å². The first-order chi connectivity index (χ1) is 2.00. The molecule has 0 aliphatic rings. The Labute approximate surface area is 110 Å². The van der Waals surface area contributed by atoms with Gasteiger partial charge in [-0.3, -0.25) is 0 Å². The van der Waals surface area contributed by atoms with Crippen molar-refractivity contribution in [2.75, 3.05) is 0 Å². The number of hydrogen-bond acceptors (Lipinski definition) is 4. The van der Waals surface area contributed by atoms with Crippen molar-refractivity contribution in [2.24, 2.45) is 0 Å². The Bertz CT molecular complexity index is 44.9. The fourth-order valence-corrected chi connectivity index (χ4v) is 0. The monoisotopic (exact) mass is 281 g/mol. The van der Waals surface area contributed by atoms with Gasteiger partial charge in [-0.1, -0.05) is 0 Å². The average Bonchev–Trinajstić information content (AvgIpc) is 0.722. The fraction of sp³-hybridized carbons (Fsp3) is 0. The molecular formula is H11AlFeMgMnO5Si. The van der Waals surface area contributed by atoms with Crippen molar-refractivity contribution < 1.29 is 61.6 Å².